The van der Waals surface area contributed by atoms with Gasteiger partial charge in [-0.05, 0) is 175 Å². The van der Waals surface area contributed by atoms with Crippen LogP contribution in [0.4, 0.5) is 0 Å². The van der Waals surface area contributed by atoms with Crippen molar-refractivity contribution in [3.05, 3.63) is 246 Å². The van der Waals surface area contributed by atoms with Crippen molar-refractivity contribution < 1.29 is 35.3 Å². The fourth-order valence-electron chi connectivity index (χ4n) is 10.2. The van der Waals surface area contributed by atoms with Crippen LogP contribution in [0.2, 0.25) is 0 Å². The van der Waals surface area contributed by atoms with Gasteiger partial charge in [-0.2, -0.15) is 0 Å². The van der Waals surface area contributed by atoms with E-state index in [2.05, 4.69) is 43.8 Å². The molecule has 3 heterocycles. The third-order valence-electron chi connectivity index (χ3n) is 14.3. The number of para-hydroxylation sites is 1. The van der Waals surface area contributed by atoms with Crippen LogP contribution in [-0.4, -0.2) is 14.1 Å². The van der Waals surface area contributed by atoms with Gasteiger partial charge in [0.05, 0.1) is 51.3 Å². The minimum Gasteiger partial charge on any atom is -0.458 e. The van der Waals surface area contributed by atoms with Crippen LogP contribution in [0.5, 0.6) is 11.5 Å². The first-order chi connectivity index (χ1) is 45.7. The highest BCUT2D eigenvalue weighted by Crippen LogP contribution is 2.43. The molecule has 0 fully saturated rings. The zero-order valence-electron chi connectivity index (χ0n) is 64.4. The van der Waals surface area contributed by atoms with Crippen LogP contribution in [-0.2, 0) is 16.2 Å². The second-order valence-corrected chi connectivity index (χ2v) is 22.9. The summed E-state index contributed by atoms with van der Waals surface area (Å²) in [5.74, 6) is 1.56. The van der Waals surface area contributed by atoms with E-state index in [0.29, 0.717) is 39.3 Å². The highest BCUT2D eigenvalue weighted by atomic mass is 16.5. The average molecular weight is 1050 g/mol. The number of aryl methyl sites for hydroxylation is 2. The summed E-state index contributed by atoms with van der Waals surface area (Å²) in [5, 5.41) is 1.97. The number of hydrogen-bond donors (Lipinski definition) is 0. The smallest absolute Gasteiger partial charge is 0.269 e. The van der Waals surface area contributed by atoms with E-state index >= 15 is 0 Å². The summed E-state index contributed by atoms with van der Waals surface area (Å²) in [4.78, 5) is 4.86. The first-order valence-electron chi connectivity index (χ1n) is 35.6. The maximum atomic E-state index is 10.4. The topological polar surface area (TPSA) is 35.9 Å². The van der Waals surface area contributed by atoms with E-state index in [9.17, 15) is 9.60 Å². The van der Waals surface area contributed by atoms with Crippen molar-refractivity contribution in [2.45, 2.75) is 92.3 Å². The van der Waals surface area contributed by atoms with E-state index in [0.717, 1.165) is 33.2 Å². The Morgan fingerprint density at radius 3 is 1.84 bits per heavy atom. The van der Waals surface area contributed by atoms with Gasteiger partial charge in [-0.3, -0.25) is 13.7 Å². The molecule has 79 heavy (non-hydrogen) atoms. The van der Waals surface area contributed by atoms with E-state index in [-0.39, 0.29) is 44.5 Å². The maximum absolute atomic E-state index is 10.4. The van der Waals surface area contributed by atoms with Crippen LogP contribution in [0.25, 0.3) is 94.5 Å². The molecule has 390 valence electrons. The van der Waals surface area contributed by atoms with Crippen LogP contribution >= 0.6 is 0 Å². The lowest BCUT2D eigenvalue weighted by Gasteiger charge is -2.30. The van der Waals surface area contributed by atoms with Gasteiger partial charge in [0.2, 0.25) is 0 Å². The van der Waals surface area contributed by atoms with E-state index in [1.807, 2.05) is 96.3 Å². The largest absolute Gasteiger partial charge is 0.458 e. The third-order valence-corrected chi connectivity index (χ3v) is 14.3. The average Bonchev–Trinajstić information content (AvgIpc) is 1.22. The summed E-state index contributed by atoms with van der Waals surface area (Å²) in [7, 11) is 0. The minimum atomic E-state index is -2.79. The molecule has 0 aliphatic rings. The molecular weight excluding hydrogens is 961 g/mol. The molecule has 0 aliphatic carbocycles. The van der Waals surface area contributed by atoms with Crippen molar-refractivity contribution in [3.8, 4) is 73.2 Å². The third kappa shape index (κ3) is 9.62. The Bertz CT molecular complexity index is 5150. The molecule has 0 radical (unpaired) electrons. The Kier molecular flexibility index (Phi) is 8.30. The van der Waals surface area contributed by atoms with E-state index in [1.165, 1.54) is 18.2 Å². The number of benzene rings is 9. The van der Waals surface area contributed by atoms with Crippen molar-refractivity contribution >= 4 is 32.8 Å². The molecular formula is C74H68N4O. The fourth-order valence-corrected chi connectivity index (χ4v) is 10.2. The monoisotopic (exact) mass is 1050 g/mol. The summed E-state index contributed by atoms with van der Waals surface area (Å²) in [6.07, 6.45) is 5.40. The molecule has 0 aliphatic heterocycles. The lowest BCUT2D eigenvalue weighted by atomic mass is 9.77. The fraction of sp³-hybridized carbons (Fsp3) is 0.189. The predicted octanol–water partition coefficient (Wildman–Crippen LogP) is 19.2. The highest BCUT2D eigenvalue weighted by molar-refractivity contribution is 6.09. The lowest BCUT2D eigenvalue weighted by molar-refractivity contribution is -0.572. The summed E-state index contributed by atoms with van der Waals surface area (Å²) >= 11 is 0. The predicted molar refractivity (Wildman–Crippen MR) is 330 cm³/mol. The van der Waals surface area contributed by atoms with Gasteiger partial charge in [-0.15, -0.1) is 0 Å². The maximum Gasteiger partial charge on any atom is 0.269 e. The number of pyridine rings is 1. The quantitative estimate of drug-likeness (QED) is 0.107. The van der Waals surface area contributed by atoms with Crippen LogP contribution in [0.1, 0.15) is 116 Å². The van der Waals surface area contributed by atoms with Crippen LogP contribution in [0.15, 0.2) is 212 Å². The molecule has 9 aromatic carbocycles. The molecule has 0 unspecified atom stereocenters. The molecule has 12 rings (SSSR count). The number of ether oxygens (including phenoxy) is 1. The lowest BCUT2D eigenvalue weighted by Crippen LogP contribution is -2.35. The number of rotatable bonds is 9. The number of hydrogen-bond acceptors (Lipinski definition) is 2. The Morgan fingerprint density at radius 2 is 1.16 bits per heavy atom. The summed E-state index contributed by atoms with van der Waals surface area (Å²) in [6.45, 7) is 12.6. The van der Waals surface area contributed by atoms with Gasteiger partial charge in [0.25, 0.3) is 6.33 Å². The van der Waals surface area contributed by atoms with Crippen molar-refractivity contribution in [1.29, 1.82) is 0 Å². The van der Waals surface area contributed by atoms with Crippen LogP contribution < -0.4 is 9.30 Å². The second kappa shape index (κ2) is 19.6. The zero-order chi connectivity index (χ0) is 71.3. The Labute approximate surface area is 492 Å². The SMILES string of the molecule is [2H]c1c([2H])c([2H])c(-c2c([2H])c(-c3cc(C(C)(C)C)cc(C(C)(C)C)c3-[n+]3[c-]n(-c4cccc(Oc5ccc6c7ccccc7n(-c7cc(C(C)(C)C)ccn7)c6c5)c4)c4cc(-c5c(C([2H])([2H])[2H])cccc5C([2H])([2H])[2H])ccc43)c([2H])c(-c3c([2H])c([2H])c([2H])c([2H])c3[2H])c2[2H])c([2H])c1[2H]. The van der Waals surface area contributed by atoms with Crippen LogP contribution in [0, 0.1) is 20.0 Å². The summed E-state index contributed by atoms with van der Waals surface area (Å²) in [5.41, 5.74) is 0.883. The van der Waals surface area contributed by atoms with Crippen molar-refractivity contribution in [1.82, 2.24) is 14.1 Å². The standard InChI is InChI=1S/C74H68N4O/c1-48-22-20-23-49(2)70(48)52-32-35-66-68(41-52)76(58-28-21-29-59(45-58)79-60-33-34-62-61-30-18-19-31-65(61)78(67(62)46-60)69-44-56(36-37-75-69)72(3,4)5)47-77(66)71-63(42-57(73(6,7)8)43-64(71)74(9,10)11)55-39-53(50-24-14-12-15-25-50)38-54(40-55)51-26-16-13-17-27-51/h12-46H,1-11H3/i1D3,2D3,12D,13D,14D,15D,16D,17D,24D,25D,26D,27D,38D,39D,40D. The molecule has 0 atom stereocenters. The molecule has 0 bridgehead atoms. The van der Waals surface area contributed by atoms with Gasteiger partial charge in [0.1, 0.15) is 17.3 Å². The van der Waals surface area contributed by atoms with E-state index in [4.69, 9.17) is 26.2 Å². The normalized spacial score (nSPS) is 16.0. The van der Waals surface area contributed by atoms with Crippen molar-refractivity contribution in [2.24, 2.45) is 0 Å². The molecule has 12 aromatic rings. The van der Waals surface area contributed by atoms with Gasteiger partial charge >= 0.3 is 0 Å². The van der Waals surface area contributed by atoms with Gasteiger partial charge in [-0.25, -0.2) is 4.98 Å². The van der Waals surface area contributed by atoms with Gasteiger partial charge < -0.3 is 4.74 Å². The van der Waals surface area contributed by atoms with Crippen molar-refractivity contribution in [3.63, 3.8) is 0 Å². The Balaban J connectivity index is 1.19. The van der Waals surface area contributed by atoms with Gasteiger partial charge in [0, 0.05) is 31.3 Å². The van der Waals surface area contributed by atoms with Gasteiger partial charge in [-0.1, -0.05) is 189 Å². The first-order valence-corrected chi connectivity index (χ1v) is 26.1. The summed E-state index contributed by atoms with van der Waals surface area (Å²) < 4.78 is 185. The molecule has 5 heteroatoms. The Hall–Kier alpha value is -8.80. The second-order valence-electron chi connectivity index (χ2n) is 22.9. The molecule has 0 amide bonds. The molecule has 0 N–H and O–H groups in total. The zero-order valence-corrected chi connectivity index (χ0v) is 45.4. The number of nitrogens with zero attached hydrogens (tertiary/aromatic N) is 4. The van der Waals surface area contributed by atoms with Crippen molar-refractivity contribution in [2.75, 3.05) is 0 Å². The molecule has 0 saturated carbocycles. The Morgan fingerprint density at radius 1 is 0.519 bits per heavy atom. The molecule has 0 spiro atoms. The van der Waals surface area contributed by atoms with E-state index < -0.39 is 125 Å². The minimum absolute atomic E-state index is 0.0435. The molecule has 3 aromatic heterocycles. The number of fused-ring (bicyclic) bond motifs is 4. The first kappa shape index (κ1) is 33.5. The van der Waals surface area contributed by atoms with Gasteiger partial charge in [0.15, 0.2) is 0 Å². The number of aromatic nitrogens is 4. The molecule has 5 nitrogen and oxygen atoms in total. The van der Waals surface area contributed by atoms with E-state index in [1.54, 1.807) is 57.7 Å². The number of imidazole rings is 1. The molecule has 0 saturated heterocycles. The summed E-state index contributed by atoms with van der Waals surface area (Å²) in [6, 6.07) is 27.9. The van der Waals surface area contributed by atoms with Crippen LogP contribution in [0.3, 0.4) is 0 Å². The highest BCUT2D eigenvalue weighted by Gasteiger charge is 2.29.